The van der Waals surface area contributed by atoms with Crippen LogP contribution in [0.3, 0.4) is 0 Å². The minimum atomic E-state index is -4.56. The van der Waals surface area contributed by atoms with E-state index in [4.69, 9.17) is 14.2 Å². The van der Waals surface area contributed by atoms with Gasteiger partial charge in [0.2, 0.25) is 0 Å². The van der Waals surface area contributed by atoms with Gasteiger partial charge in [0, 0.05) is 6.92 Å². The molecule has 1 aliphatic rings. The van der Waals surface area contributed by atoms with E-state index in [1.807, 2.05) is 6.92 Å². The Morgan fingerprint density at radius 1 is 0.912 bits per heavy atom. The number of benzene rings is 2. The number of carbonyl (C=O) groups excluding carboxylic acids is 3. The molecule has 2 aromatic rings. The summed E-state index contributed by atoms with van der Waals surface area (Å²) in [4.78, 5) is 36.1. The number of hydrogen-bond acceptors (Lipinski definition) is 7. The van der Waals surface area contributed by atoms with Gasteiger partial charge in [0.05, 0.1) is 21.9 Å². The van der Waals surface area contributed by atoms with Gasteiger partial charge in [-0.2, -0.15) is 13.2 Å². The predicted octanol–water partition coefficient (Wildman–Crippen LogP) is 4.74. The van der Waals surface area contributed by atoms with Crippen molar-refractivity contribution in [3.05, 3.63) is 70.8 Å². The largest absolute Gasteiger partial charge is 0.461 e. The summed E-state index contributed by atoms with van der Waals surface area (Å²) in [6.45, 7) is 2.48. The standard InChI is InChI=1S/C23H20F4O6S/c1-12-3-5-15(6-4-12)21(30)33-19-17(34-22(18(19)24)32-13(2)28)11-31-20(29)14-7-9-16(10-8-14)23(25,26)27/h3-10,17-19,22H,11H2,1-2H3/t17-,18+,19-,22-/m1/s1. The van der Waals surface area contributed by atoms with E-state index in [0.717, 1.165) is 48.5 Å². The summed E-state index contributed by atoms with van der Waals surface area (Å²) < 4.78 is 68.5. The zero-order chi connectivity index (χ0) is 25.0. The Morgan fingerprint density at radius 2 is 1.47 bits per heavy atom. The molecule has 182 valence electrons. The zero-order valence-corrected chi connectivity index (χ0v) is 18.8. The van der Waals surface area contributed by atoms with Crippen molar-refractivity contribution in [2.45, 2.75) is 43.0 Å². The Labute approximate surface area is 196 Å². The van der Waals surface area contributed by atoms with E-state index in [0.29, 0.717) is 0 Å². The smallest absolute Gasteiger partial charge is 0.416 e. The average molecular weight is 500 g/mol. The lowest BCUT2D eigenvalue weighted by Gasteiger charge is -2.20. The van der Waals surface area contributed by atoms with E-state index in [1.165, 1.54) is 12.1 Å². The van der Waals surface area contributed by atoms with Crippen molar-refractivity contribution in [2.24, 2.45) is 0 Å². The number of alkyl halides is 4. The fraction of sp³-hybridized carbons (Fsp3) is 0.348. The third-order valence-electron chi connectivity index (χ3n) is 4.89. The Hall–Kier alpha value is -3.08. The molecule has 11 heteroatoms. The highest BCUT2D eigenvalue weighted by atomic mass is 32.2. The summed E-state index contributed by atoms with van der Waals surface area (Å²) in [7, 11) is 0. The molecule has 3 rings (SSSR count). The van der Waals surface area contributed by atoms with Gasteiger partial charge in [0.1, 0.15) is 6.61 Å². The van der Waals surface area contributed by atoms with Crippen molar-refractivity contribution in [1.82, 2.24) is 0 Å². The van der Waals surface area contributed by atoms with Crippen LogP contribution in [0.5, 0.6) is 0 Å². The highest BCUT2D eigenvalue weighted by molar-refractivity contribution is 8.00. The van der Waals surface area contributed by atoms with Crippen molar-refractivity contribution < 1.29 is 46.2 Å². The van der Waals surface area contributed by atoms with Gasteiger partial charge in [0.15, 0.2) is 17.7 Å². The molecular formula is C23H20F4O6S. The van der Waals surface area contributed by atoms with Gasteiger partial charge >= 0.3 is 24.1 Å². The van der Waals surface area contributed by atoms with Crippen molar-refractivity contribution in [3.63, 3.8) is 0 Å². The second-order valence-corrected chi connectivity index (χ2v) is 8.85. The third-order valence-corrected chi connectivity index (χ3v) is 6.27. The van der Waals surface area contributed by atoms with E-state index in [9.17, 15) is 31.9 Å². The van der Waals surface area contributed by atoms with Crippen LogP contribution in [0.4, 0.5) is 17.6 Å². The second kappa shape index (κ2) is 10.5. The Kier molecular flexibility index (Phi) is 7.86. The molecule has 1 heterocycles. The summed E-state index contributed by atoms with van der Waals surface area (Å²) in [5.41, 5.74) is -1.28. The normalized spacial score (nSPS) is 22.2. The van der Waals surface area contributed by atoms with Crippen LogP contribution in [-0.2, 0) is 25.2 Å². The first-order chi connectivity index (χ1) is 16.0. The number of rotatable bonds is 6. The third kappa shape index (κ3) is 6.28. The number of hydrogen-bond donors (Lipinski definition) is 0. The fourth-order valence-corrected chi connectivity index (χ4v) is 4.48. The van der Waals surface area contributed by atoms with E-state index in [1.54, 1.807) is 12.1 Å². The van der Waals surface area contributed by atoms with Crippen LogP contribution in [0.15, 0.2) is 48.5 Å². The molecule has 1 fully saturated rings. The van der Waals surface area contributed by atoms with Gasteiger partial charge in [-0.25, -0.2) is 14.0 Å². The van der Waals surface area contributed by atoms with Gasteiger partial charge < -0.3 is 14.2 Å². The minimum Gasteiger partial charge on any atom is -0.461 e. The number of esters is 3. The van der Waals surface area contributed by atoms with Crippen molar-refractivity contribution in [3.8, 4) is 0 Å². The summed E-state index contributed by atoms with van der Waals surface area (Å²) in [6, 6.07) is 9.77. The SMILES string of the molecule is CC(=O)O[C@@H]1S[C@H](COC(=O)c2ccc(C(F)(F)F)cc2)[C@@H](OC(=O)c2ccc(C)cc2)[C@@H]1F. The first-order valence-electron chi connectivity index (χ1n) is 10.0. The molecule has 0 radical (unpaired) electrons. The first kappa shape index (κ1) is 25.5. The van der Waals surface area contributed by atoms with Crippen LogP contribution >= 0.6 is 11.8 Å². The molecule has 34 heavy (non-hydrogen) atoms. The maximum absolute atomic E-state index is 15.0. The maximum Gasteiger partial charge on any atom is 0.416 e. The molecular weight excluding hydrogens is 480 g/mol. The first-order valence-corrected chi connectivity index (χ1v) is 11.0. The molecule has 0 N–H and O–H groups in total. The quantitative estimate of drug-likeness (QED) is 0.322. The van der Waals surface area contributed by atoms with Gasteiger partial charge in [-0.3, -0.25) is 4.79 Å². The van der Waals surface area contributed by atoms with E-state index < -0.39 is 59.2 Å². The lowest BCUT2D eigenvalue weighted by atomic mass is 10.1. The van der Waals surface area contributed by atoms with Crippen LogP contribution in [-0.4, -0.2) is 47.5 Å². The topological polar surface area (TPSA) is 78.9 Å². The predicted molar refractivity (Wildman–Crippen MR) is 114 cm³/mol. The maximum atomic E-state index is 15.0. The number of halogens is 4. The average Bonchev–Trinajstić information content (AvgIpc) is 3.05. The van der Waals surface area contributed by atoms with Gasteiger partial charge in [-0.05, 0) is 43.3 Å². The van der Waals surface area contributed by atoms with Crippen molar-refractivity contribution >= 4 is 29.7 Å². The number of aryl methyl sites for hydroxylation is 1. The minimum absolute atomic E-state index is 0.141. The molecule has 0 bridgehead atoms. The highest BCUT2D eigenvalue weighted by Gasteiger charge is 2.49. The second-order valence-electron chi connectivity index (χ2n) is 7.51. The van der Waals surface area contributed by atoms with Gasteiger partial charge in [0.25, 0.3) is 0 Å². The summed E-state index contributed by atoms with van der Waals surface area (Å²) in [5.74, 6) is -2.49. The van der Waals surface area contributed by atoms with Crippen LogP contribution in [0.2, 0.25) is 0 Å². The number of ether oxygens (including phenoxy) is 3. The highest BCUT2D eigenvalue weighted by Crippen LogP contribution is 2.39. The van der Waals surface area contributed by atoms with Crippen molar-refractivity contribution in [1.29, 1.82) is 0 Å². The van der Waals surface area contributed by atoms with Crippen LogP contribution in [0.1, 0.15) is 38.8 Å². The molecule has 0 aliphatic carbocycles. The Morgan fingerprint density at radius 3 is 2.03 bits per heavy atom. The van der Waals surface area contributed by atoms with Gasteiger partial charge in [-0.1, -0.05) is 17.7 Å². The lowest BCUT2D eigenvalue weighted by Crippen LogP contribution is -2.37. The van der Waals surface area contributed by atoms with Crippen LogP contribution in [0, 0.1) is 6.92 Å². The lowest BCUT2D eigenvalue weighted by molar-refractivity contribution is -0.145. The van der Waals surface area contributed by atoms with Crippen LogP contribution < -0.4 is 0 Å². The summed E-state index contributed by atoms with van der Waals surface area (Å²) in [5, 5.41) is -0.924. The molecule has 6 nitrogen and oxygen atoms in total. The molecule has 1 saturated heterocycles. The molecule has 0 aromatic heterocycles. The summed E-state index contributed by atoms with van der Waals surface area (Å²) in [6.07, 6.45) is -7.85. The molecule has 0 saturated carbocycles. The fourth-order valence-electron chi connectivity index (χ4n) is 3.13. The van der Waals surface area contributed by atoms with E-state index in [-0.39, 0.29) is 11.1 Å². The molecule has 0 amide bonds. The van der Waals surface area contributed by atoms with E-state index >= 15 is 0 Å². The Bertz CT molecular complexity index is 1040. The Balaban J connectivity index is 1.70. The molecule has 2 aromatic carbocycles. The zero-order valence-electron chi connectivity index (χ0n) is 18.0. The number of thioether (sulfide) groups is 1. The monoisotopic (exact) mass is 500 g/mol. The molecule has 4 atom stereocenters. The summed E-state index contributed by atoms with van der Waals surface area (Å²) >= 11 is 0.817. The number of carbonyl (C=O) groups is 3. The van der Waals surface area contributed by atoms with Gasteiger partial charge in [-0.15, -0.1) is 11.8 Å². The molecule has 1 aliphatic heterocycles. The van der Waals surface area contributed by atoms with Crippen LogP contribution in [0.25, 0.3) is 0 Å². The van der Waals surface area contributed by atoms with Crippen molar-refractivity contribution in [2.75, 3.05) is 6.61 Å². The molecule has 0 unspecified atom stereocenters. The van der Waals surface area contributed by atoms with E-state index in [2.05, 4.69) is 0 Å². The molecule has 0 spiro atoms.